The van der Waals surface area contributed by atoms with E-state index in [4.69, 9.17) is 26.1 Å². The second-order valence-corrected chi connectivity index (χ2v) is 10.3. The van der Waals surface area contributed by atoms with Crippen LogP contribution in [0.25, 0.3) is 11.3 Å². The number of hydrogen-bond donors (Lipinski definition) is 2. The molecule has 1 aliphatic rings. The molecule has 10 heteroatoms. The van der Waals surface area contributed by atoms with Gasteiger partial charge in [-0.15, -0.1) is 0 Å². The third-order valence-corrected chi connectivity index (χ3v) is 7.39. The highest BCUT2D eigenvalue weighted by Gasteiger charge is 2.43. The average Bonchev–Trinajstić information content (AvgIpc) is 3.54. The van der Waals surface area contributed by atoms with Gasteiger partial charge in [-0.3, -0.25) is 9.78 Å². The van der Waals surface area contributed by atoms with Crippen molar-refractivity contribution in [1.82, 2.24) is 10.3 Å². The summed E-state index contributed by atoms with van der Waals surface area (Å²) < 4.78 is 17.9. The molecule has 0 bridgehead atoms. The summed E-state index contributed by atoms with van der Waals surface area (Å²) in [6, 6.07) is 20.7. The van der Waals surface area contributed by atoms with Crippen molar-refractivity contribution in [3.8, 4) is 17.1 Å². The van der Waals surface area contributed by atoms with Crippen LogP contribution in [0.4, 0.5) is 11.4 Å². The van der Waals surface area contributed by atoms with E-state index in [9.17, 15) is 4.79 Å². The van der Waals surface area contributed by atoms with Gasteiger partial charge in [-0.25, -0.2) is 0 Å². The number of pyridine rings is 1. The molecule has 0 radical (unpaired) electrons. The summed E-state index contributed by atoms with van der Waals surface area (Å²) in [5, 5.41) is 6.79. The smallest absolute Gasteiger partial charge is 0.250 e. The molecular weight excluding hydrogens is 580 g/mol. The number of amides is 1. The van der Waals surface area contributed by atoms with Crippen LogP contribution in [0.1, 0.15) is 29.1 Å². The molecule has 2 aromatic carbocycles. The van der Waals surface area contributed by atoms with Gasteiger partial charge in [0.15, 0.2) is 5.11 Å². The maximum absolute atomic E-state index is 12.3. The Balaban J connectivity index is 1.59. The van der Waals surface area contributed by atoms with Gasteiger partial charge in [-0.1, -0.05) is 28.1 Å². The van der Waals surface area contributed by atoms with Crippen molar-refractivity contribution in [2.75, 3.05) is 31.0 Å². The van der Waals surface area contributed by atoms with Gasteiger partial charge in [0.1, 0.15) is 29.9 Å². The van der Waals surface area contributed by atoms with Crippen LogP contribution in [0, 0.1) is 6.92 Å². The number of hydrogen-bond acceptors (Lipinski definition) is 6. The first-order valence-electron chi connectivity index (χ1n) is 12.2. The Morgan fingerprint density at radius 1 is 1.15 bits per heavy atom. The summed E-state index contributed by atoms with van der Waals surface area (Å²) in [7, 11) is 3.02. The summed E-state index contributed by atoms with van der Waals surface area (Å²) in [6.45, 7) is 1.97. The van der Waals surface area contributed by atoms with E-state index in [-0.39, 0.29) is 24.6 Å². The minimum absolute atomic E-state index is 0.0782. The lowest BCUT2D eigenvalue weighted by Crippen LogP contribution is -2.29. The molecule has 0 unspecified atom stereocenters. The zero-order chi connectivity index (χ0) is 27.5. The topological polar surface area (TPSA) is 88.9 Å². The van der Waals surface area contributed by atoms with E-state index in [0.29, 0.717) is 22.3 Å². The predicted octanol–water partition coefficient (Wildman–Crippen LogP) is 6.18. The fourth-order valence-electron chi connectivity index (χ4n) is 4.66. The average molecular weight is 608 g/mol. The Bertz CT molecular complexity index is 1510. The molecule has 0 spiro atoms. The lowest BCUT2D eigenvalue weighted by molar-refractivity contribution is -0.119. The van der Waals surface area contributed by atoms with Crippen LogP contribution in [0.2, 0.25) is 0 Å². The quantitative estimate of drug-likeness (QED) is 0.230. The monoisotopic (exact) mass is 606 g/mol. The van der Waals surface area contributed by atoms with E-state index in [1.165, 1.54) is 7.11 Å². The molecule has 2 atom stereocenters. The highest BCUT2D eigenvalue weighted by atomic mass is 79.9. The number of aryl methyl sites for hydroxylation is 1. The van der Waals surface area contributed by atoms with E-state index >= 15 is 0 Å². The molecule has 4 aromatic rings. The van der Waals surface area contributed by atoms with Crippen LogP contribution >= 0.6 is 28.1 Å². The van der Waals surface area contributed by atoms with Gasteiger partial charge < -0.3 is 29.4 Å². The van der Waals surface area contributed by atoms with Crippen molar-refractivity contribution in [1.29, 1.82) is 0 Å². The Labute approximate surface area is 240 Å². The number of methoxy groups -OCH3 is 2. The SMILES string of the molecule is COCC(=O)Nc1cc(N2C(=S)N[C@H](c3ccccn3)[C@H]2c2ccc(-c3ccc(C)cc3Br)o2)ccc1OC. The third kappa shape index (κ3) is 5.54. The number of thiocarbonyl (C=S) groups is 1. The number of anilines is 2. The number of nitrogens with one attached hydrogen (secondary N) is 2. The maximum atomic E-state index is 12.3. The number of benzene rings is 2. The molecule has 1 fully saturated rings. The lowest BCUT2D eigenvalue weighted by atomic mass is 10.0. The van der Waals surface area contributed by atoms with Crippen LogP contribution in [0.5, 0.6) is 5.75 Å². The lowest BCUT2D eigenvalue weighted by Gasteiger charge is -2.27. The highest BCUT2D eigenvalue weighted by molar-refractivity contribution is 9.10. The van der Waals surface area contributed by atoms with Crippen molar-refractivity contribution in [3.63, 3.8) is 0 Å². The Morgan fingerprint density at radius 2 is 2.00 bits per heavy atom. The molecule has 1 amide bonds. The molecule has 2 aromatic heterocycles. The van der Waals surface area contributed by atoms with E-state index in [1.807, 2.05) is 66.4 Å². The van der Waals surface area contributed by atoms with E-state index in [0.717, 1.165) is 32.7 Å². The molecule has 0 aliphatic carbocycles. The van der Waals surface area contributed by atoms with Gasteiger partial charge in [0, 0.05) is 29.0 Å². The third-order valence-electron chi connectivity index (χ3n) is 6.42. The largest absolute Gasteiger partial charge is 0.495 e. The number of carbonyl (C=O) groups is 1. The molecular formula is C29H27BrN4O4S. The minimum atomic E-state index is -0.360. The molecule has 1 aliphatic heterocycles. The van der Waals surface area contributed by atoms with E-state index in [2.05, 4.69) is 37.6 Å². The van der Waals surface area contributed by atoms with E-state index in [1.54, 1.807) is 19.4 Å². The molecule has 5 rings (SSSR count). The van der Waals surface area contributed by atoms with Gasteiger partial charge in [-0.2, -0.15) is 0 Å². The van der Waals surface area contributed by atoms with Crippen LogP contribution in [0.3, 0.4) is 0 Å². The molecule has 1 saturated heterocycles. The molecule has 39 heavy (non-hydrogen) atoms. The molecule has 3 heterocycles. The molecule has 0 saturated carbocycles. The molecule has 200 valence electrons. The van der Waals surface area contributed by atoms with Crippen LogP contribution in [-0.4, -0.2) is 36.8 Å². The number of nitrogens with zero attached hydrogens (tertiary/aromatic N) is 2. The first kappa shape index (κ1) is 26.9. The van der Waals surface area contributed by atoms with Gasteiger partial charge in [0.05, 0.1) is 24.5 Å². The number of aromatic nitrogens is 1. The van der Waals surface area contributed by atoms with Crippen molar-refractivity contribution in [2.45, 2.75) is 19.0 Å². The summed E-state index contributed by atoms with van der Waals surface area (Å²) in [6.07, 6.45) is 1.76. The minimum Gasteiger partial charge on any atom is -0.495 e. The standard InChI is InChI=1S/C29H27BrN4O4S/c1-17-7-9-19(20(30)14-17)23-11-12-25(38-23)28-27(21-6-4-5-13-31-21)33-29(39)34(28)18-8-10-24(37-3)22(15-18)32-26(35)16-36-2/h4-15,27-28H,16H2,1-3H3,(H,32,35)(H,33,39)/t27-,28-/m1/s1. The van der Waals surface area contributed by atoms with Crippen molar-refractivity contribution in [2.24, 2.45) is 0 Å². The van der Waals surface area contributed by atoms with Crippen LogP contribution in [0.15, 0.2) is 81.8 Å². The maximum Gasteiger partial charge on any atom is 0.250 e. The fourth-order valence-corrected chi connectivity index (χ4v) is 5.69. The molecule has 2 N–H and O–H groups in total. The van der Waals surface area contributed by atoms with Gasteiger partial charge in [0.2, 0.25) is 5.91 Å². The van der Waals surface area contributed by atoms with Gasteiger partial charge >= 0.3 is 0 Å². The van der Waals surface area contributed by atoms with Crippen molar-refractivity contribution >= 4 is 50.5 Å². The number of rotatable bonds is 8. The zero-order valence-corrected chi connectivity index (χ0v) is 24.0. The summed E-state index contributed by atoms with van der Waals surface area (Å²) in [5.41, 5.74) is 4.18. The van der Waals surface area contributed by atoms with Crippen molar-refractivity contribution in [3.05, 3.63) is 94.4 Å². The second kappa shape index (κ2) is 11.6. The summed E-state index contributed by atoms with van der Waals surface area (Å²) in [5.74, 6) is 1.67. The fraction of sp³-hybridized carbons (Fsp3) is 0.207. The van der Waals surface area contributed by atoms with Crippen molar-refractivity contribution < 1.29 is 18.7 Å². The number of carbonyl (C=O) groups excluding carboxylic acids is 1. The van der Waals surface area contributed by atoms with Crippen LogP contribution in [-0.2, 0) is 9.53 Å². The Morgan fingerprint density at radius 3 is 2.72 bits per heavy atom. The van der Waals surface area contributed by atoms with Gasteiger partial charge in [0.25, 0.3) is 0 Å². The highest BCUT2D eigenvalue weighted by Crippen LogP contribution is 2.44. The normalized spacial score (nSPS) is 16.7. The van der Waals surface area contributed by atoms with E-state index < -0.39 is 0 Å². The van der Waals surface area contributed by atoms with Gasteiger partial charge in [-0.05, 0) is 79.3 Å². The predicted molar refractivity (Wildman–Crippen MR) is 158 cm³/mol. The Kier molecular flexibility index (Phi) is 7.97. The Hall–Kier alpha value is -3.73. The number of ether oxygens (including phenoxy) is 2. The number of furan rings is 1. The summed E-state index contributed by atoms with van der Waals surface area (Å²) in [4.78, 5) is 18.9. The second-order valence-electron chi connectivity index (χ2n) is 9.05. The summed E-state index contributed by atoms with van der Waals surface area (Å²) >= 11 is 9.51. The van der Waals surface area contributed by atoms with Crippen LogP contribution < -0.4 is 20.3 Å². The number of halogens is 1. The zero-order valence-electron chi connectivity index (χ0n) is 21.6. The first-order valence-corrected chi connectivity index (χ1v) is 13.4. The first-order chi connectivity index (χ1) is 18.9. The molecule has 8 nitrogen and oxygen atoms in total.